The van der Waals surface area contributed by atoms with Crippen LogP contribution in [0.15, 0.2) is 24.3 Å². The van der Waals surface area contributed by atoms with E-state index in [1.165, 1.54) is 6.42 Å². The van der Waals surface area contributed by atoms with Crippen LogP contribution >= 0.6 is 11.6 Å². The summed E-state index contributed by atoms with van der Waals surface area (Å²) in [6.45, 7) is 0.981. The van der Waals surface area contributed by atoms with E-state index in [1.54, 1.807) is 0 Å². The first kappa shape index (κ1) is 12.9. The number of benzene rings is 1. The second-order valence-electron chi connectivity index (χ2n) is 4.90. The molecule has 0 spiro atoms. The predicted octanol–water partition coefficient (Wildman–Crippen LogP) is 3.55. The molecule has 2 nitrogen and oxygen atoms in total. The third-order valence-electron chi connectivity index (χ3n) is 3.34. The highest BCUT2D eigenvalue weighted by Gasteiger charge is 2.29. The molecule has 1 aromatic carbocycles. The Morgan fingerprint density at radius 3 is 2.41 bits per heavy atom. The van der Waals surface area contributed by atoms with Gasteiger partial charge in [0, 0.05) is 5.02 Å². The van der Waals surface area contributed by atoms with Crippen molar-refractivity contribution in [3.05, 3.63) is 34.9 Å². The molecule has 1 aliphatic carbocycles. The van der Waals surface area contributed by atoms with Gasteiger partial charge in [-0.05, 0) is 30.5 Å². The molecular weight excluding hydrogens is 236 g/mol. The lowest BCUT2D eigenvalue weighted by molar-refractivity contribution is -0.0728. The van der Waals surface area contributed by atoms with Crippen LogP contribution in [0.5, 0.6) is 0 Å². The van der Waals surface area contributed by atoms with E-state index in [2.05, 4.69) is 0 Å². The van der Waals surface area contributed by atoms with E-state index in [0.717, 1.165) is 36.3 Å². The van der Waals surface area contributed by atoms with Crippen LogP contribution in [0, 0.1) is 0 Å². The summed E-state index contributed by atoms with van der Waals surface area (Å²) in [5.74, 6) is 0. The Hall–Kier alpha value is -0.570. The fourth-order valence-electron chi connectivity index (χ4n) is 2.29. The lowest BCUT2D eigenvalue weighted by Crippen LogP contribution is -2.36. The van der Waals surface area contributed by atoms with Gasteiger partial charge in [-0.25, -0.2) is 0 Å². The van der Waals surface area contributed by atoms with Gasteiger partial charge in [0.15, 0.2) is 0 Å². The van der Waals surface area contributed by atoms with Gasteiger partial charge in [-0.15, -0.1) is 0 Å². The number of aliphatic hydroxyl groups is 1. The van der Waals surface area contributed by atoms with Crippen molar-refractivity contribution < 1.29 is 9.84 Å². The lowest BCUT2D eigenvalue weighted by atomic mass is 9.86. The Bertz CT molecular complexity index is 342. The van der Waals surface area contributed by atoms with Gasteiger partial charge in [-0.3, -0.25) is 0 Å². The molecule has 1 fully saturated rings. The summed E-state index contributed by atoms with van der Waals surface area (Å²) in [6.07, 6.45) is 5.20. The Balaban J connectivity index is 1.77. The molecule has 0 aromatic heterocycles. The summed E-state index contributed by atoms with van der Waals surface area (Å²) >= 11 is 5.81. The third kappa shape index (κ3) is 3.98. The molecule has 0 heterocycles. The number of hydrogen-bond acceptors (Lipinski definition) is 2. The molecule has 17 heavy (non-hydrogen) atoms. The summed E-state index contributed by atoms with van der Waals surface area (Å²) in [4.78, 5) is 0. The minimum atomic E-state index is -0.593. The second kappa shape index (κ2) is 5.85. The van der Waals surface area contributed by atoms with Crippen molar-refractivity contribution in [2.45, 2.75) is 44.3 Å². The predicted molar refractivity (Wildman–Crippen MR) is 69.1 cm³/mol. The zero-order valence-corrected chi connectivity index (χ0v) is 10.7. The van der Waals surface area contributed by atoms with Crippen molar-refractivity contribution in [3.63, 3.8) is 0 Å². The normalized spacial score (nSPS) is 19.2. The van der Waals surface area contributed by atoms with Crippen LogP contribution in [0.3, 0.4) is 0 Å². The minimum absolute atomic E-state index is 0.440. The van der Waals surface area contributed by atoms with Crippen molar-refractivity contribution in [1.82, 2.24) is 0 Å². The number of hydrogen-bond donors (Lipinski definition) is 1. The van der Waals surface area contributed by atoms with Gasteiger partial charge in [0.05, 0.1) is 18.8 Å². The van der Waals surface area contributed by atoms with E-state index in [0.29, 0.717) is 13.2 Å². The highest BCUT2D eigenvalue weighted by Crippen LogP contribution is 2.28. The van der Waals surface area contributed by atoms with Crippen molar-refractivity contribution >= 4 is 11.6 Å². The minimum Gasteiger partial charge on any atom is -0.387 e. The van der Waals surface area contributed by atoms with Crippen LogP contribution in [0.1, 0.15) is 37.7 Å². The van der Waals surface area contributed by atoms with Crippen LogP contribution in [0.4, 0.5) is 0 Å². The van der Waals surface area contributed by atoms with E-state index in [9.17, 15) is 5.11 Å². The van der Waals surface area contributed by atoms with Crippen LogP contribution in [0.2, 0.25) is 5.02 Å². The van der Waals surface area contributed by atoms with Gasteiger partial charge in [0.2, 0.25) is 0 Å². The maximum absolute atomic E-state index is 10.2. The number of ether oxygens (including phenoxy) is 1. The first-order valence-electron chi connectivity index (χ1n) is 6.23. The zero-order valence-electron chi connectivity index (χ0n) is 9.99. The average molecular weight is 255 g/mol. The zero-order chi connectivity index (χ0) is 12.1. The molecule has 1 saturated carbocycles. The molecule has 0 radical (unpaired) electrons. The topological polar surface area (TPSA) is 29.5 Å². The molecule has 1 aliphatic rings. The SMILES string of the molecule is OC1(COCc2ccc(Cl)cc2)CCCCC1. The van der Waals surface area contributed by atoms with Crippen molar-refractivity contribution in [3.8, 4) is 0 Å². The van der Waals surface area contributed by atoms with Crippen molar-refractivity contribution in [1.29, 1.82) is 0 Å². The second-order valence-corrected chi connectivity index (χ2v) is 5.34. The van der Waals surface area contributed by atoms with E-state index < -0.39 is 5.60 Å². The summed E-state index contributed by atoms with van der Waals surface area (Å²) in [7, 11) is 0. The Kier molecular flexibility index (Phi) is 4.43. The molecule has 2 rings (SSSR count). The average Bonchev–Trinajstić information content (AvgIpc) is 2.32. The van der Waals surface area contributed by atoms with Gasteiger partial charge in [0.1, 0.15) is 0 Å². The summed E-state index contributed by atoms with van der Waals surface area (Å²) in [6, 6.07) is 7.62. The summed E-state index contributed by atoms with van der Waals surface area (Å²) in [5, 5.41) is 11.0. The van der Waals surface area contributed by atoms with Crippen LogP contribution < -0.4 is 0 Å². The van der Waals surface area contributed by atoms with E-state index >= 15 is 0 Å². The van der Waals surface area contributed by atoms with Gasteiger partial charge < -0.3 is 9.84 Å². The Labute approximate surface area is 108 Å². The third-order valence-corrected chi connectivity index (χ3v) is 3.59. The van der Waals surface area contributed by atoms with Crippen molar-refractivity contribution in [2.75, 3.05) is 6.61 Å². The Morgan fingerprint density at radius 2 is 1.76 bits per heavy atom. The van der Waals surface area contributed by atoms with Crippen molar-refractivity contribution in [2.24, 2.45) is 0 Å². The van der Waals surface area contributed by atoms with Gasteiger partial charge in [0.25, 0.3) is 0 Å². The molecule has 0 atom stereocenters. The summed E-state index contributed by atoms with van der Waals surface area (Å²) < 4.78 is 5.61. The lowest BCUT2D eigenvalue weighted by Gasteiger charge is -2.31. The fourth-order valence-corrected chi connectivity index (χ4v) is 2.42. The molecule has 1 N–H and O–H groups in total. The Morgan fingerprint density at radius 1 is 1.12 bits per heavy atom. The van der Waals surface area contributed by atoms with Gasteiger partial charge in [-0.2, -0.15) is 0 Å². The molecule has 0 saturated heterocycles. The van der Waals surface area contributed by atoms with E-state index in [1.807, 2.05) is 24.3 Å². The highest BCUT2D eigenvalue weighted by molar-refractivity contribution is 6.30. The number of rotatable bonds is 4. The molecule has 0 aliphatic heterocycles. The van der Waals surface area contributed by atoms with Gasteiger partial charge >= 0.3 is 0 Å². The molecule has 94 valence electrons. The van der Waals surface area contributed by atoms with Crippen LogP contribution in [-0.4, -0.2) is 17.3 Å². The fraction of sp³-hybridized carbons (Fsp3) is 0.571. The molecule has 3 heteroatoms. The van der Waals surface area contributed by atoms with E-state index in [4.69, 9.17) is 16.3 Å². The maximum atomic E-state index is 10.2. The first-order valence-corrected chi connectivity index (χ1v) is 6.60. The molecule has 0 unspecified atom stereocenters. The maximum Gasteiger partial charge on any atom is 0.0880 e. The smallest absolute Gasteiger partial charge is 0.0880 e. The van der Waals surface area contributed by atoms with Crippen LogP contribution in [0.25, 0.3) is 0 Å². The standard InChI is InChI=1S/C14H19ClO2/c15-13-6-4-12(5-7-13)10-17-11-14(16)8-2-1-3-9-14/h4-7,16H,1-3,8-11H2. The van der Waals surface area contributed by atoms with E-state index in [-0.39, 0.29) is 0 Å². The quantitative estimate of drug-likeness (QED) is 0.890. The first-order chi connectivity index (χ1) is 8.18. The van der Waals surface area contributed by atoms with Gasteiger partial charge in [-0.1, -0.05) is 43.0 Å². The summed E-state index contributed by atoms with van der Waals surface area (Å²) in [5.41, 5.74) is 0.499. The molecule has 1 aromatic rings. The van der Waals surface area contributed by atoms with Crippen LogP contribution in [-0.2, 0) is 11.3 Å². The number of halogens is 1. The highest BCUT2D eigenvalue weighted by atomic mass is 35.5. The molecule has 0 bridgehead atoms. The molecule has 0 amide bonds. The molecular formula is C14H19ClO2. The monoisotopic (exact) mass is 254 g/mol. The largest absolute Gasteiger partial charge is 0.387 e.